The maximum Gasteiger partial charge on any atom is 0.328 e. The Morgan fingerprint density at radius 1 is 0.640 bits per heavy atom. The molecule has 7 rings (SSSR count). The average molecular weight is 683 g/mol. The number of methoxy groups -OCH3 is 2. The highest BCUT2D eigenvalue weighted by atomic mass is 16.5. The van der Waals surface area contributed by atoms with E-state index >= 15 is 0 Å². The molecule has 12 heteroatoms. The Morgan fingerprint density at radius 3 is 1.40 bits per heavy atom. The van der Waals surface area contributed by atoms with Crippen LogP contribution in [-0.2, 0) is 41.5 Å². The molecule has 5 heterocycles. The van der Waals surface area contributed by atoms with E-state index in [0.717, 1.165) is 70.5 Å². The normalized spacial score (nSPS) is 22.7. The number of carbonyl (C=O) groups is 4. The quantitative estimate of drug-likeness (QED) is 0.269. The van der Waals surface area contributed by atoms with Crippen molar-refractivity contribution in [1.82, 2.24) is 29.6 Å². The van der Waals surface area contributed by atoms with Crippen LogP contribution in [0, 0.1) is 0 Å². The summed E-state index contributed by atoms with van der Waals surface area (Å²) in [6.07, 6.45) is 1.42. The van der Waals surface area contributed by atoms with Crippen LogP contribution in [-0.4, -0.2) is 119 Å². The van der Waals surface area contributed by atoms with Gasteiger partial charge in [-0.25, -0.2) is 9.59 Å². The minimum atomic E-state index is -0.673. The van der Waals surface area contributed by atoms with Gasteiger partial charge in [0.1, 0.15) is 12.1 Å². The van der Waals surface area contributed by atoms with E-state index in [9.17, 15) is 19.2 Å². The summed E-state index contributed by atoms with van der Waals surface area (Å²) in [5.74, 6) is -0.941. The number of esters is 2. The van der Waals surface area contributed by atoms with Crippen LogP contribution in [0.4, 0.5) is 0 Å². The Labute approximate surface area is 291 Å². The number of piperazine rings is 1. The van der Waals surface area contributed by atoms with Crippen molar-refractivity contribution >= 4 is 45.6 Å². The van der Waals surface area contributed by atoms with E-state index in [1.165, 1.54) is 14.2 Å². The van der Waals surface area contributed by atoms with Gasteiger partial charge in [-0.15, -0.1) is 0 Å². The van der Waals surface area contributed by atoms with Crippen molar-refractivity contribution in [3.63, 3.8) is 0 Å². The molecule has 0 radical (unpaired) electrons. The van der Waals surface area contributed by atoms with Gasteiger partial charge in [0.15, 0.2) is 0 Å². The van der Waals surface area contributed by atoms with Crippen molar-refractivity contribution in [3.8, 4) is 0 Å². The summed E-state index contributed by atoms with van der Waals surface area (Å²) in [5.41, 5.74) is 6.08. The van der Waals surface area contributed by atoms with Crippen LogP contribution < -0.4 is 0 Å². The van der Waals surface area contributed by atoms with Crippen LogP contribution in [0.15, 0.2) is 48.5 Å². The van der Waals surface area contributed by atoms with Crippen molar-refractivity contribution in [2.75, 3.05) is 53.5 Å². The summed E-state index contributed by atoms with van der Waals surface area (Å²) in [5, 5.41) is 2.15. The number of fused-ring (bicyclic) bond motifs is 6. The fourth-order valence-corrected chi connectivity index (χ4v) is 8.44. The molecule has 2 amide bonds. The lowest BCUT2D eigenvalue weighted by molar-refractivity contribution is -0.156. The zero-order chi connectivity index (χ0) is 35.1. The van der Waals surface area contributed by atoms with Gasteiger partial charge >= 0.3 is 11.9 Å². The van der Waals surface area contributed by atoms with E-state index in [1.807, 2.05) is 62.4 Å². The van der Waals surface area contributed by atoms with Gasteiger partial charge in [-0.2, -0.15) is 0 Å². The number of aromatic nitrogens is 2. The average Bonchev–Trinajstić information content (AvgIpc) is 3.71. The minimum Gasteiger partial charge on any atom is -0.467 e. The van der Waals surface area contributed by atoms with Crippen molar-refractivity contribution in [1.29, 1.82) is 0 Å². The van der Waals surface area contributed by atoms with Crippen LogP contribution in [0.2, 0.25) is 0 Å². The maximum atomic E-state index is 13.7. The minimum absolute atomic E-state index is 0.0702. The largest absolute Gasteiger partial charge is 0.467 e. The maximum absolute atomic E-state index is 13.7. The van der Waals surface area contributed by atoms with Gasteiger partial charge in [0.05, 0.1) is 26.3 Å². The van der Waals surface area contributed by atoms with Gasteiger partial charge in [0.2, 0.25) is 11.8 Å². The first-order chi connectivity index (χ1) is 24.2. The Kier molecular flexibility index (Phi) is 9.40. The number of benzene rings is 2. The standard InChI is InChI=1S/C38H46N6O6/c1-23-35-27(25-9-5-7-11-29(25)39-35)21-31(37(47)49-3)43(23)33(45)13-15-41-17-19-42(20-18-41)16-14-34(46)44-24(2)36-28(22-32(44)38(48)50-4)26-10-6-8-12-30(26)40-36/h5-12,23-24,31-32,39-40H,13-22H2,1-4H3. The molecule has 0 spiro atoms. The van der Waals surface area contributed by atoms with Gasteiger partial charge in [0.25, 0.3) is 0 Å². The Bertz CT molecular complexity index is 1790. The molecule has 1 fully saturated rings. The number of nitrogens with zero attached hydrogens (tertiary/aromatic N) is 4. The number of nitrogens with one attached hydrogen (secondary N) is 2. The number of para-hydroxylation sites is 2. The fourth-order valence-electron chi connectivity index (χ4n) is 8.44. The second-order valence-electron chi connectivity index (χ2n) is 13.7. The molecule has 0 bridgehead atoms. The topological polar surface area (TPSA) is 131 Å². The molecule has 0 saturated carbocycles. The molecule has 4 unspecified atom stereocenters. The third kappa shape index (κ3) is 6.04. The predicted molar refractivity (Wildman–Crippen MR) is 188 cm³/mol. The summed E-state index contributed by atoms with van der Waals surface area (Å²) in [6, 6.07) is 14.1. The molecule has 50 heavy (non-hydrogen) atoms. The molecule has 12 nitrogen and oxygen atoms in total. The van der Waals surface area contributed by atoms with Crippen LogP contribution in [0.3, 0.4) is 0 Å². The summed E-state index contributed by atoms with van der Waals surface area (Å²) in [7, 11) is 2.74. The van der Waals surface area contributed by atoms with Crippen molar-refractivity contribution in [3.05, 3.63) is 71.0 Å². The lowest BCUT2D eigenvalue weighted by Gasteiger charge is -2.40. The molecule has 1 saturated heterocycles. The molecule has 0 aliphatic carbocycles. The van der Waals surface area contributed by atoms with Crippen LogP contribution >= 0.6 is 0 Å². The molecule has 2 aromatic carbocycles. The van der Waals surface area contributed by atoms with E-state index in [2.05, 4.69) is 19.8 Å². The highest BCUT2D eigenvalue weighted by molar-refractivity contribution is 5.91. The molecule has 3 aliphatic rings. The first-order valence-corrected chi connectivity index (χ1v) is 17.6. The monoisotopic (exact) mass is 682 g/mol. The highest BCUT2D eigenvalue weighted by Crippen LogP contribution is 2.39. The SMILES string of the molecule is COC(=O)C1Cc2c([nH]c3ccccc23)C(C)N1C(=O)CCN1CCN(CCC(=O)N2C(C(=O)OC)Cc3c([nH]c4ccccc34)C2C)CC1. The molecule has 264 valence electrons. The Morgan fingerprint density at radius 2 is 1.02 bits per heavy atom. The Balaban J connectivity index is 0.939. The molecule has 4 aromatic rings. The molecular formula is C38H46N6O6. The number of aromatic amines is 2. The number of H-pyrrole nitrogens is 2. The molecule has 2 N–H and O–H groups in total. The van der Waals surface area contributed by atoms with E-state index < -0.39 is 24.0 Å². The second kappa shape index (κ2) is 13.9. The number of hydrogen-bond acceptors (Lipinski definition) is 8. The number of amides is 2. The molecular weight excluding hydrogens is 636 g/mol. The zero-order valence-electron chi connectivity index (χ0n) is 29.2. The summed E-state index contributed by atoms with van der Waals surface area (Å²) in [6.45, 7) is 8.19. The van der Waals surface area contributed by atoms with Crippen molar-refractivity contribution in [2.45, 2.75) is 63.7 Å². The van der Waals surface area contributed by atoms with Crippen LogP contribution in [0.25, 0.3) is 21.8 Å². The van der Waals surface area contributed by atoms with Gasteiger partial charge in [-0.1, -0.05) is 36.4 Å². The fraction of sp³-hybridized carbons (Fsp3) is 0.474. The van der Waals surface area contributed by atoms with Crippen molar-refractivity contribution < 1.29 is 28.7 Å². The van der Waals surface area contributed by atoms with Crippen LogP contribution in [0.5, 0.6) is 0 Å². The van der Waals surface area contributed by atoms with Gasteiger partial charge in [0, 0.05) is 98.1 Å². The number of hydrogen-bond donors (Lipinski definition) is 2. The summed E-state index contributed by atoms with van der Waals surface area (Å²) >= 11 is 0. The third-order valence-electron chi connectivity index (χ3n) is 11.1. The second-order valence-corrected chi connectivity index (χ2v) is 13.7. The lowest BCUT2D eigenvalue weighted by atomic mass is 9.91. The first-order valence-electron chi connectivity index (χ1n) is 17.6. The summed E-state index contributed by atoms with van der Waals surface area (Å²) < 4.78 is 10.3. The first kappa shape index (κ1) is 33.8. The lowest BCUT2D eigenvalue weighted by Crippen LogP contribution is -2.53. The van der Waals surface area contributed by atoms with Gasteiger partial charge in [-0.05, 0) is 37.1 Å². The predicted octanol–water partition coefficient (Wildman–Crippen LogP) is 3.72. The van der Waals surface area contributed by atoms with E-state index in [0.29, 0.717) is 38.8 Å². The highest BCUT2D eigenvalue weighted by Gasteiger charge is 2.43. The van der Waals surface area contributed by atoms with Crippen LogP contribution in [0.1, 0.15) is 61.3 Å². The van der Waals surface area contributed by atoms with E-state index in [4.69, 9.17) is 9.47 Å². The van der Waals surface area contributed by atoms with E-state index in [-0.39, 0.29) is 23.9 Å². The van der Waals surface area contributed by atoms with Gasteiger partial charge in [-0.3, -0.25) is 9.59 Å². The molecule has 3 aliphatic heterocycles. The molecule has 2 aromatic heterocycles. The van der Waals surface area contributed by atoms with E-state index in [1.54, 1.807) is 9.80 Å². The van der Waals surface area contributed by atoms with Gasteiger partial charge < -0.3 is 39.0 Å². The van der Waals surface area contributed by atoms with Crippen molar-refractivity contribution in [2.24, 2.45) is 0 Å². The smallest absolute Gasteiger partial charge is 0.328 e. The number of carbonyl (C=O) groups excluding carboxylic acids is 4. The number of rotatable bonds is 8. The number of ether oxygens (including phenoxy) is 2. The zero-order valence-corrected chi connectivity index (χ0v) is 29.2. The molecule has 4 atom stereocenters. The Hall–Kier alpha value is -4.68. The summed E-state index contributed by atoms with van der Waals surface area (Å²) in [4.78, 5) is 68.3. The third-order valence-corrected chi connectivity index (χ3v) is 11.1.